The lowest BCUT2D eigenvalue weighted by atomic mass is 10.1. The molecule has 0 unspecified atom stereocenters. The van der Waals surface area contributed by atoms with Crippen molar-refractivity contribution < 1.29 is 9.53 Å². The fraction of sp³-hybridized carbons (Fsp3) is 0.125. The van der Waals surface area contributed by atoms with Gasteiger partial charge in [-0.15, -0.1) is 0 Å². The first-order chi connectivity index (χ1) is 15.1. The molecule has 0 aliphatic rings. The Hall–Kier alpha value is -3.64. The average molecular weight is 433 g/mol. The van der Waals surface area contributed by atoms with Crippen molar-refractivity contribution in [3.63, 3.8) is 0 Å². The van der Waals surface area contributed by atoms with Crippen LogP contribution in [0.3, 0.4) is 0 Å². The molecule has 0 saturated heterocycles. The van der Waals surface area contributed by atoms with Crippen LogP contribution in [0.4, 0.5) is 0 Å². The number of carbonyl (C=O) groups is 1. The molecule has 2 aromatic carbocycles. The lowest BCUT2D eigenvalue weighted by Gasteiger charge is -2.10. The third-order valence-electron chi connectivity index (χ3n) is 4.65. The van der Waals surface area contributed by atoms with Crippen LogP contribution in [-0.2, 0) is 16.1 Å². The summed E-state index contributed by atoms with van der Waals surface area (Å²) in [5.74, 6) is 0.115. The van der Waals surface area contributed by atoms with Crippen molar-refractivity contribution in [1.29, 1.82) is 0 Å². The SMILES string of the molecule is CCOC(=O)C(=Cc1cnn(-c2ccc(Cl)cc2)c1)c1nccn1Cc1ccccc1. The highest BCUT2D eigenvalue weighted by molar-refractivity contribution is 6.30. The van der Waals surface area contributed by atoms with Gasteiger partial charge in [-0.2, -0.15) is 5.10 Å². The van der Waals surface area contributed by atoms with E-state index in [0.717, 1.165) is 16.8 Å². The molecule has 7 heteroatoms. The molecule has 4 rings (SSSR count). The minimum atomic E-state index is -0.428. The van der Waals surface area contributed by atoms with Crippen LogP contribution in [0.2, 0.25) is 5.02 Å². The monoisotopic (exact) mass is 432 g/mol. The molecule has 0 bridgehead atoms. The number of nitrogens with zero attached hydrogens (tertiary/aromatic N) is 4. The van der Waals surface area contributed by atoms with Gasteiger partial charge in [0.15, 0.2) is 0 Å². The van der Waals surface area contributed by atoms with Gasteiger partial charge in [0, 0.05) is 35.7 Å². The molecule has 156 valence electrons. The molecule has 0 spiro atoms. The van der Waals surface area contributed by atoms with Gasteiger partial charge in [0.1, 0.15) is 11.4 Å². The number of benzene rings is 2. The van der Waals surface area contributed by atoms with E-state index in [0.29, 0.717) is 23.0 Å². The molecule has 2 heterocycles. The second-order valence-electron chi connectivity index (χ2n) is 6.84. The van der Waals surface area contributed by atoms with Crippen molar-refractivity contribution in [3.8, 4) is 5.69 Å². The van der Waals surface area contributed by atoms with Gasteiger partial charge in [-0.3, -0.25) is 0 Å². The van der Waals surface area contributed by atoms with E-state index in [1.807, 2.05) is 59.4 Å². The van der Waals surface area contributed by atoms with Crippen molar-refractivity contribution in [2.24, 2.45) is 0 Å². The molecule has 0 fully saturated rings. The quantitative estimate of drug-likeness (QED) is 0.308. The van der Waals surface area contributed by atoms with Gasteiger partial charge in [0.2, 0.25) is 0 Å². The second kappa shape index (κ2) is 9.45. The first-order valence-corrected chi connectivity index (χ1v) is 10.3. The van der Waals surface area contributed by atoms with Gasteiger partial charge < -0.3 is 9.30 Å². The molecule has 0 saturated carbocycles. The van der Waals surface area contributed by atoms with Crippen molar-refractivity contribution in [1.82, 2.24) is 19.3 Å². The number of imidazole rings is 1. The summed E-state index contributed by atoms with van der Waals surface area (Å²) < 4.78 is 8.96. The van der Waals surface area contributed by atoms with Gasteiger partial charge in [0.25, 0.3) is 0 Å². The number of ether oxygens (including phenoxy) is 1. The van der Waals surface area contributed by atoms with Crippen molar-refractivity contribution in [2.45, 2.75) is 13.5 Å². The minimum absolute atomic E-state index is 0.277. The van der Waals surface area contributed by atoms with E-state index in [1.54, 1.807) is 42.2 Å². The summed E-state index contributed by atoms with van der Waals surface area (Å²) in [4.78, 5) is 17.2. The minimum Gasteiger partial charge on any atom is -0.462 e. The highest BCUT2D eigenvalue weighted by Crippen LogP contribution is 2.21. The number of hydrogen-bond donors (Lipinski definition) is 0. The summed E-state index contributed by atoms with van der Waals surface area (Å²) in [6.07, 6.45) is 8.82. The highest BCUT2D eigenvalue weighted by Gasteiger charge is 2.19. The van der Waals surface area contributed by atoms with E-state index in [1.165, 1.54) is 0 Å². The number of halogens is 1. The van der Waals surface area contributed by atoms with Crippen LogP contribution < -0.4 is 0 Å². The maximum Gasteiger partial charge on any atom is 0.341 e. The van der Waals surface area contributed by atoms with E-state index in [4.69, 9.17) is 16.3 Å². The maximum atomic E-state index is 12.8. The van der Waals surface area contributed by atoms with Gasteiger partial charge in [-0.05, 0) is 42.8 Å². The van der Waals surface area contributed by atoms with E-state index < -0.39 is 5.97 Å². The van der Waals surface area contributed by atoms with Crippen LogP contribution in [0.25, 0.3) is 17.3 Å². The standard InChI is InChI=1S/C24H21ClN4O2/c1-2-31-24(30)22(23-26-12-13-28(23)16-18-6-4-3-5-7-18)14-19-15-27-29(17-19)21-10-8-20(25)9-11-21/h3-15,17H,2,16H2,1H3. The molecule has 6 nitrogen and oxygen atoms in total. The highest BCUT2D eigenvalue weighted by atomic mass is 35.5. The van der Waals surface area contributed by atoms with Crippen LogP contribution >= 0.6 is 11.6 Å². The molecular formula is C24H21ClN4O2. The molecule has 0 aliphatic heterocycles. The Kier molecular flexibility index (Phi) is 6.29. The summed E-state index contributed by atoms with van der Waals surface area (Å²) in [5.41, 5.74) is 3.11. The number of esters is 1. The number of hydrogen-bond acceptors (Lipinski definition) is 4. The van der Waals surface area contributed by atoms with Crippen LogP contribution in [0.5, 0.6) is 0 Å². The first kappa shape index (κ1) is 20.6. The van der Waals surface area contributed by atoms with E-state index >= 15 is 0 Å². The van der Waals surface area contributed by atoms with Gasteiger partial charge in [-0.1, -0.05) is 41.9 Å². The average Bonchev–Trinajstić information content (AvgIpc) is 3.43. The fourth-order valence-corrected chi connectivity index (χ4v) is 3.32. The molecule has 4 aromatic rings. The molecule has 0 radical (unpaired) electrons. The third kappa shape index (κ3) is 4.92. The zero-order valence-electron chi connectivity index (χ0n) is 17.0. The Bertz CT molecular complexity index is 1190. The normalized spacial score (nSPS) is 11.5. The molecule has 2 aromatic heterocycles. The van der Waals surface area contributed by atoms with Crippen LogP contribution in [0, 0.1) is 0 Å². The summed E-state index contributed by atoms with van der Waals surface area (Å²) in [6.45, 7) is 2.65. The molecule has 0 amide bonds. The fourth-order valence-electron chi connectivity index (χ4n) is 3.20. The summed E-state index contributed by atoms with van der Waals surface area (Å²) in [7, 11) is 0. The number of carbonyl (C=O) groups excluding carboxylic acids is 1. The van der Waals surface area contributed by atoms with Gasteiger partial charge >= 0.3 is 5.97 Å². The molecular weight excluding hydrogens is 412 g/mol. The van der Waals surface area contributed by atoms with Crippen LogP contribution in [-0.4, -0.2) is 31.9 Å². The predicted molar refractivity (Wildman–Crippen MR) is 121 cm³/mol. The van der Waals surface area contributed by atoms with Crippen LogP contribution in [0.15, 0.2) is 79.4 Å². The molecule has 0 aliphatic carbocycles. The molecule has 0 atom stereocenters. The predicted octanol–water partition coefficient (Wildman–Crippen LogP) is 4.87. The van der Waals surface area contributed by atoms with E-state index in [2.05, 4.69) is 10.1 Å². The summed E-state index contributed by atoms with van der Waals surface area (Å²) in [5, 5.41) is 5.05. The lowest BCUT2D eigenvalue weighted by molar-refractivity contribution is -0.136. The largest absolute Gasteiger partial charge is 0.462 e. The lowest BCUT2D eigenvalue weighted by Crippen LogP contribution is -2.12. The third-order valence-corrected chi connectivity index (χ3v) is 4.90. The molecule has 31 heavy (non-hydrogen) atoms. The Morgan fingerprint density at radius 2 is 1.90 bits per heavy atom. The molecule has 0 N–H and O–H groups in total. The van der Waals surface area contributed by atoms with Gasteiger partial charge in [-0.25, -0.2) is 14.5 Å². The Balaban J connectivity index is 1.68. The Labute approximate surface area is 185 Å². The summed E-state index contributed by atoms with van der Waals surface area (Å²) >= 11 is 5.97. The van der Waals surface area contributed by atoms with E-state index in [9.17, 15) is 4.79 Å². The van der Waals surface area contributed by atoms with Crippen molar-refractivity contribution in [2.75, 3.05) is 6.61 Å². The maximum absolute atomic E-state index is 12.8. The van der Waals surface area contributed by atoms with Crippen molar-refractivity contribution in [3.05, 3.63) is 101 Å². The smallest absolute Gasteiger partial charge is 0.341 e. The first-order valence-electron chi connectivity index (χ1n) is 9.89. The van der Waals surface area contributed by atoms with Crippen LogP contribution in [0.1, 0.15) is 23.9 Å². The number of aromatic nitrogens is 4. The summed E-state index contributed by atoms with van der Waals surface area (Å²) in [6, 6.07) is 17.4. The Morgan fingerprint density at radius 3 is 2.65 bits per heavy atom. The van der Waals surface area contributed by atoms with Gasteiger partial charge in [0.05, 0.1) is 18.5 Å². The zero-order chi connectivity index (χ0) is 21.6. The Morgan fingerprint density at radius 1 is 1.13 bits per heavy atom. The van der Waals surface area contributed by atoms with E-state index in [-0.39, 0.29) is 6.61 Å². The second-order valence-corrected chi connectivity index (χ2v) is 7.27. The number of rotatable bonds is 7. The zero-order valence-corrected chi connectivity index (χ0v) is 17.7. The van der Waals surface area contributed by atoms with Crippen molar-refractivity contribution >= 4 is 29.2 Å². The topological polar surface area (TPSA) is 61.9 Å².